The molecule has 1 aliphatic heterocycles. The van der Waals surface area contributed by atoms with Crippen LogP contribution >= 0.6 is 22.9 Å². The second kappa shape index (κ2) is 12.5. The maximum atomic E-state index is 14.7. The number of ether oxygens (including phenoxy) is 1. The van der Waals surface area contributed by atoms with Crippen LogP contribution in [0.1, 0.15) is 46.3 Å². The van der Waals surface area contributed by atoms with E-state index in [2.05, 4.69) is 6.07 Å². The zero-order chi connectivity index (χ0) is 29.0. The van der Waals surface area contributed by atoms with Gasteiger partial charge >= 0.3 is 5.97 Å². The molecular weight excluding hydrogens is 556 g/mol. The second-order valence-electron chi connectivity index (χ2n) is 10.6. The normalized spacial score (nSPS) is 16.3. The number of benzene rings is 3. The van der Waals surface area contributed by atoms with Gasteiger partial charge in [-0.2, -0.15) is 0 Å². The van der Waals surface area contributed by atoms with Crippen molar-refractivity contribution in [1.82, 2.24) is 9.80 Å². The molecule has 5 rings (SSSR count). The first-order valence-electron chi connectivity index (χ1n) is 13.7. The highest BCUT2D eigenvalue weighted by Crippen LogP contribution is 2.40. The van der Waals surface area contributed by atoms with Gasteiger partial charge in [0.1, 0.15) is 5.54 Å². The van der Waals surface area contributed by atoms with E-state index in [9.17, 15) is 14.4 Å². The van der Waals surface area contributed by atoms with E-state index in [1.165, 1.54) is 18.4 Å². The molecule has 3 aromatic carbocycles. The molecule has 1 aromatic heterocycles. The highest BCUT2D eigenvalue weighted by molar-refractivity contribution is 7.17. The third kappa shape index (κ3) is 6.16. The number of amides is 2. The summed E-state index contributed by atoms with van der Waals surface area (Å²) >= 11 is 7.81. The quantitative estimate of drug-likeness (QED) is 0.194. The molecule has 0 aliphatic carbocycles. The Morgan fingerprint density at radius 3 is 2.54 bits per heavy atom. The van der Waals surface area contributed by atoms with Crippen LogP contribution in [0.2, 0.25) is 5.02 Å². The Labute approximate surface area is 249 Å². The zero-order valence-electron chi connectivity index (χ0n) is 23.3. The van der Waals surface area contributed by atoms with Crippen molar-refractivity contribution >= 4 is 50.8 Å². The van der Waals surface area contributed by atoms with Gasteiger partial charge in [0.15, 0.2) is 0 Å². The monoisotopic (exact) mass is 588 g/mol. The van der Waals surface area contributed by atoms with E-state index >= 15 is 0 Å². The van der Waals surface area contributed by atoms with E-state index in [0.717, 1.165) is 26.8 Å². The molecule has 8 heteroatoms. The molecule has 0 saturated carbocycles. The molecule has 6 nitrogen and oxygen atoms in total. The number of nitrogens with zero attached hydrogens (tertiary/aromatic N) is 2. The minimum atomic E-state index is -1.04. The van der Waals surface area contributed by atoms with Gasteiger partial charge in [-0.25, -0.2) is 0 Å². The van der Waals surface area contributed by atoms with E-state index in [0.29, 0.717) is 49.5 Å². The van der Waals surface area contributed by atoms with Gasteiger partial charge in [0.25, 0.3) is 5.91 Å². The molecule has 1 atom stereocenters. The lowest BCUT2D eigenvalue weighted by Gasteiger charge is -2.53. The van der Waals surface area contributed by atoms with Crippen LogP contribution in [0.4, 0.5) is 0 Å². The number of hydrogen-bond donors (Lipinski definition) is 0. The third-order valence-electron chi connectivity index (χ3n) is 7.79. The summed E-state index contributed by atoms with van der Waals surface area (Å²) in [6.07, 6.45) is 1.61. The standard InChI is InChI=1S/C33H33ClN2O4S/c1-23-8-5-9-24(18-23)20-33(15-17-36(33)31(38)28-22-41-29-13-4-3-12-27(28)29)32(39)35(16-7-14-30(37)40-2)21-25-10-6-11-26(34)19-25/h3-6,8-13,18-19,22H,7,14-17,20-21H2,1-2H3. The number of carbonyl (C=O) groups excluding carboxylic acids is 3. The van der Waals surface area contributed by atoms with E-state index in [-0.39, 0.29) is 24.2 Å². The van der Waals surface area contributed by atoms with E-state index in [4.69, 9.17) is 16.3 Å². The molecule has 1 saturated heterocycles. The highest BCUT2D eigenvalue weighted by Gasteiger charge is 2.55. The molecule has 1 aliphatic rings. The van der Waals surface area contributed by atoms with Gasteiger partial charge < -0.3 is 14.5 Å². The zero-order valence-corrected chi connectivity index (χ0v) is 24.8. The number of methoxy groups -OCH3 is 1. The van der Waals surface area contributed by atoms with Crippen molar-refractivity contribution in [2.24, 2.45) is 0 Å². The predicted octanol–water partition coefficient (Wildman–Crippen LogP) is 6.67. The van der Waals surface area contributed by atoms with Crippen molar-refractivity contribution in [3.63, 3.8) is 0 Å². The molecule has 2 amide bonds. The van der Waals surface area contributed by atoms with Gasteiger partial charge in [0.05, 0.1) is 12.7 Å². The smallest absolute Gasteiger partial charge is 0.305 e. The van der Waals surface area contributed by atoms with Gasteiger partial charge in [0.2, 0.25) is 5.91 Å². The van der Waals surface area contributed by atoms with Crippen molar-refractivity contribution in [2.75, 3.05) is 20.2 Å². The number of thiophene rings is 1. The lowest BCUT2D eigenvalue weighted by Crippen LogP contribution is -2.70. The van der Waals surface area contributed by atoms with Crippen molar-refractivity contribution in [3.8, 4) is 0 Å². The summed E-state index contributed by atoms with van der Waals surface area (Å²) in [4.78, 5) is 44.3. The number of aryl methyl sites for hydroxylation is 1. The van der Waals surface area contributed by atoms with Crippen LogP contribution in [0.15, 0.2) is 78.2 Å². The number of halogens is 1. The molecule has 1 unspecified atom stereocenters. The SMILES string of the molecule is COC(=O)CCCN(Cc1cccc(Cl)c1)C(=O)C1(Cc2cccc(C)c2)CCN1C(=O)c1csc2ccccc12. The molecule has 1 fully saturated rings. The van der Waals surface area contributed by atoms with Gasteiger partial charge in [-0.15, -0.1) is 11.3 Å². The average Bonchev–Trinajstić information content (AvgIpc) is 3.39. The van der Waals surface area contributed by atoms with Crippen LogP contribution in [-0.2, 0) is 27.3 Å². The van der Waals surface area contributed by atoms with Crippen molar-refractivity contribution < 1.29 is 19.1 Å². The Balaban J connectivity index is 1.52. The van der Waals surface area contributed by atoms with E-state index in [1.807, 2.05) is 73.0 Å². The lowest BCUT2D eigenvalue weighted by molar-refractivity contribution is -0.152. The first-order valence-corrected chi connectivity index (χ1v) is 15.0. The molecule has 2 heterocycles. The van der Waals surface area contributed by atoms with Crippen molar-refractivity contribution in [3.05, 3.63) is 105 Å². The Kier molecular flexibility index (Phi) is 8.76. The van der Waals surface area contributed by atoms with E-state index in [1.54, 1.807) is 15.9 Å². The van der Waals surface area contributed by atoms with Crippen LogP contribution in [0.25, 0.3) is 10.1 Å². The average molecular weight is 589 g/mol. The van der Waals surface area contributed by atoms with Crippen LogP contribution in [0.5, 0.6) is 0 Å². The van der Waals surface area contributed by atoms with Gasteiger partial charge in [0, 0.05) is 53.0 Å². The molecule has 4 aromatic rings. The Morgan fingerprint density at radius 1 is 1.02 bits per heavy atom. The van der Waals surface area contributed by atoms with Crippen LogP contribution in [0, 0.1) is 6.92 Å². The molecule has 0 spiro atoms. The summed E-state index contributed by atoms with van der Waals surface area (Å²) in [6.45, 7) is 3.18. The molecular formula is C33H33ClN2O4S. The Morgan fingerprint density at radius 2 is 1.80 bits per heavy atom. The summed E-state index contributed by atoms with van der Waals surface area (Å²) in [5, 5.41) is 3.39. The van der Waals surface area contributed by atoms with Crippen LogP contribution in [-0.4, -0.2) is 53.3 Å². The third-order valence-corrected chi connectivity index (χ3v) is 8.98. The Bertz CT molecular complexity index is 1580. The fourth-order valence-corrected chi connectivity index (χ4v) is 6.79. The second-order valence-corrected chi connectivity index (χ2v) is 11.9. The first kappa shape index (κ1) is 28.8. The summed E-state index contributed by atoms with van der Waals surface area (Å²) in [5.41, 5.74) is 2.57. The summed E-state index contributed by atoms with van der Waals surface area (Å²) in [7, 11) is 1.36. The van der Waals surface area contributed by atoms with Crippen LogP contribution in [0.3, 0.4) is 0 Å². The van der Waals surface area contributed by atoms with Crippen molar-refractivity contribution in [2.45, 2.75) is 44.7 Å². The molecule has 212 valence electrons. The Hall–Kier alpha value is -3.68. The number of esters is 1. The minimum Gasteiger partial charge on any atom is -0.469 e. The fourth-order valence-electron chi connectivity index (χ4n) is 5.64. The fraction of sp³-hybridized carbons (Fsp3) is 0.303. The van der Waals surface area contributed by atoms with Crippen molar-refractivity contribution in [1.29, 1.82) is 0 Å². The molecule has 0 N–H and O–H groups in total. The number of rotatable bonds is 10. The summed E-state index contributed by atoms with van der Waals surface area (Å²) in [5.74, 6) is -0.575. The van der Waals surface area contributed by atoms with Gasteiger partial charge in [-0.05, 0) is 49.1 Å². The van der Waals surface area contributed by atoms with Gasteiger partial charge in [-0.3, -0.25) is 14.4 Å². The number of carbonyl (C=O) groups is 3. The van der Waals surface area contributed by atoms with Crippen LogP contribution < -0.4 is 0 Å². The highest BCUT2D eigenvalue weighted by atomic mass is 35.5. The number of hydrogen-bond acceptors (Lipinski definition) is 5. The molecule has 0 bridgehead atoms. The summed E-state index contributed by atoms with van der Waals surface area (Å²) in [6, 6.07) is 23.4. The largest absolute Gasteiger partial charge is 0.469 e. The van der Waals surface area contributed by atoms with E-state index < -0.39 is 5.54 Å². The topological polar surface area (TPSA) is 66.9 Å². The maximum absolute atomic E-state index is 14.7. The summed E-state index contributed by atoms with van der Waals surface area (Å²) < 4.78 is 5.87. The first-order chi connectivity index (χ1) is 19.8. The van der Waals surface area contributed by atoms with Gasteiger partial charge in [-0.1, -0.05) is 71.8 Å². The molecule has 0 radical (unpaired) electrons. The predicted molar refractivity (Wildman–Crippen MR) is 163 cm³/mol. The maximum Gasteiger partial charge on any atom is 0.305 e. The lowest BCUT2D eigenvalue weighted by atomic mass is 9.77. The molecule has 41 heavy (non-hydrogen) atoms. The number of fused-ring (bicyclic) bond motifs is 1. The minimum absolute atomic E-state index is 0.122. The number of likely N-dealkylation sites (tertiary alicyclic amines) is 1.